The Balaban J connectivity index is 2.67. The maximum absolute atomic E-state index is 4.52. The summed E-state index contributed by atoms with van der Waals surface area (Å²) in [6.07, 6.45) is 7.03. The van der Waals surface area contributed by atoms with Gasteiger partial charge in [-0.2, -0.15) is 0 Å². The Bertz CT molecular complexity index is 233. The van der Waals surface area contributed by atoms with E-state index in [9.17, 15) is 0 Å². The summed E-state index contributed by atoms with van der Waals surface area (Å²) in [5, 5.41) is 0. The molecule has 0 aliphatic heterocycles. The summed E-state index contributed by atoms with van der Waals surface area (Å²) >= 11 is 3.61. The highest BCUT2D eigenvalue weighted by Gasteiger charge is 2.10. The molecule has 0 aromatic heterocycles. The number of rotatable bonds is 1. The molecule has 0 unspecified atom stereocenters. The van der Waals surface area contributed by atoms with Crippen LogP contribution in [0.15, 0.2) is 15.0 Å². The second kappa shape index (κ2) is 4.41. The second-order valence-electron chi connectivity index (χ2n) is 4.57. The van der Waals surface area contributed by atoms with Gasteiger partial charge in [-0.05, 0) is 56.5 Å². The van der Waals surface area contributed by atoms with Crippen molar-refractivity contribution in [1.82, 2.24) is 0 Å². The van der Waals surface area contributed by atoms with Crippen LogP contribution in [-0.2, 0) is 0 Å². The van der Waals surface area contributed by atoms with Crippen LogP contribution in [0.25, 0.3) is 0 Å². The van der Waals surface area contributed by atoms with E-state index in [4.69, 9.17) is 0 Å². The first-order valence-electron chi connectivity index (χ1n) is 4.92. The van der Waals surface area contributed by atoms with E-state index in [1.165, 1.54) is 35.7 Å². The van der Waals surface area contributed by atoms with Gasteiger partial charge in [0.25, 0.3) is 0 Å². The van der Waals surface area contributed by atoms with Gasteiger partial charge in [0.2, 0.25) is 0 Å². The largest absolute Gasteiger partial charge is 0.287 e. The first-order chi connectivity index (χ1) is 5.99. The maximum Gasteiger partial charge on any atom is 0.0524 e. The van der Waals surface area contributed by atoms with Crippen LogP contribution in [0, 0.1) is 0 Å². The van der Waals surface area contributed by atoms with Crippen LogP contribution in [0.5, 0.6) is 0 Å². The highest BCUT2D eigenvalue weighted by atomic mass is 79.9. The Morgan fingerprint density at radius 2 is 1.85 bits per heavy atom. The number of hydrogen-bond acceptors (Lipinski definition) is 1. The molecule has 0 atom stereocenters. The average molecular weight is 244 g/mol. The number of hydrogen-bond donors (Lipinski definition) is 0. The molecule has 0 radical (unpaired) electrons. The molecular weight excluding hydrogens is 226 g/mol. The van der Waals surface area contributed by atoms with E-state index in [0.29, 0.717) is 0 Å². The summed E-state index contributed by atoms with van der Waals surface area (Å²) < 4.78 is 1.35. The monoisotopic (exact) mass is 243 g/mol. The van der Waals surface area contributed by atoms with Crippen molar-refractivity contribution in [3.8, 4) is 0 Å². The van der Waals surface area contributed by atoms with Crippen LogP contribution in [0.4, 0.5) is 0 Å². The minimum absolute atomic E-state index is 0.0533. The quantitative estimate of drug-likeness (QED) is 0.616. The Labute approximate surface area is 89.5 Å². The summed E-state index contributed by atoms with van der Waals surface area (Å²) in [4.78, 5) is 4.52. The van der Waals surface area contributed by atoms with Gasteiger partial charge in [0, 0.05) is 6.21 Å². The van der Waals surface area contributed by atoms with Crippen molar-refractivity contribution >= 4 is 22.1 Å². The van der Waals surface area contributed by atoms with E-state index in [-0.39, 0.29) is 5.54 Å². The Morgan fingerprint density at radius 1 is 1.23 bits per heavy atom. The van der Waals surface area contributed by atoms with Crippen LogP contribution >= 0.6 is 15.9 Å². The van der Waals surface area contributed by atoms with Gasteiger partial charge in [0.05, 0.1) is 5.54 Å². The molecule has 1 rings (SSSR count). The van der Waals surface area contributed by atoms with Gasteiger partial charge in [-0.3, -0.25) is 4.99 Å². The molecule has 0 aromatic rings. The van der Waals surface area contributed by atoms with E-state index < -0.39 is 0 Å². The van der Waals surface area contributed by atoms with Crippen molar-refractivity contribution in [3.63, 3.8) is 0 Å². The van der Waals surface area contributed by atoms with Gasteiger partial charge < -0.3 is 0 Å². The molecule has 1 aliphatic rings. The minimum atomic E-state index is 0.0533. The van der Waals surface area contributed by atoms with Crippen LogP contribution in [-0.4, -0.2) is 11.8 Å². The van der Waals surface area contributed by atoms with Crippen molar-refractivity contribution in [2.24, 2.45) is 4.99 Å². The minimum Gasteiger partial charge on any atom is -0.287 e. The summed E-state index contributed by atoms with van der Waals surface area (Å²) in [5.41, 5.74) is 1.44. The average Bonchev–Trinajstić information content (AvgIpc) is 2.01. The van der Waals surface area contributed by atoms with E-state index in [1.807, 2.05) is 6.21 Å². The molecule has 0 saturated carbocycles. The number of nitrogens with zero attached hydrogens (tertiary/aromatic N) is 1. The Kier molecular flexibility index (Phi) is 3.72. The van der Waals surface area contributed by atoms with Gasteiger partial charge in [0.15, 0.2) is 0 Å². The van der Waals surface area contributed by atoms with Gasteiger partial charge >= 0.3 is 0 Å². The third-order valence-corrected chi connectivity index (χ3v) is 2.95. The summed E-state index contributed by atoms with van der Waals surface area (Å²) in [6, 6.07) is 0. The third kappa shape index (κ3) is 4.08. The van der Waals surface area contributed by atoms with Gasteiger partial charge in [-0.1, -0.05) is 15.9 Å². The third-order valence-electron chi connectivity index (χ3n) is 2.05. The zero-order valence-electron chi connectivity index (χ0n) is 8.73. The molecule has 74 valence electrons. The fourth-order valence-corrected chi connectivity index (χ4v) is 1.88. The van der Waals surface area contributed by atoms with Crippen LogP contribution in [0.2, 0.25) is 0 Å². The lowest BCUT2D eigenvalue weighted by atomic mass is 10.00. The van der Waals surface area contributed by atoms with Crippen molar-refractivity contribution < 1.29 is 0 Å². The lowest BCUT2D eigenvalue weighted by molar-refractivity contribution is 0.585. The topological polar surface area (TPSA) is 12.4 Å². The summed E-state index contributed by atoms with van der Waals surface area (Å²) in [5.74, 6) is 0. The maximum atomic E-state index is 4.52. The van der Waals surface area contributed by atoms with Crippen molar-refractivity contribution in [2.75, 3.05) is 0 Å². The number of halogens is 1. The molecular formula is C11H18BrN. The predicted octanol–water partition coefficient (Wildman–Crippen LogP) is 4.08. The first kappa shape index (κ1) is 11.0. The first-order valence-corrected chi connectivity index (χ1v) is 5.71. The molecule has 0 aromatic carbocycles. The SMILES string of the molecule is CC(C)(C)N=CC1=C(Br)CCCC1. The molecule has 2 heteroatoms. The predicted molar refractivity (Wildman–Crippen MR) is 62.7 cm³/mol. The fourth-order valence-electron chi connectivity index (χ4n) is 1.30. The van der Waals surface area contributed by atoms with Crippen LogP contribution in [0.3, 0.4) is 0 Å². The Hall–Kier alpha value is -0.110. The van der Waals surface area contributed by atoms with Crippen LogP contribution in [0.1, 0.15) is 46.5 Å². The van der Waals surface area contributed by atoms with Gasteiger partial charge in [0.1, 0.15) is 0 Å². The molecule has 1 aliphatic carbocycles. The number of aliphatic imine (C=N–C) groups is 1. The molecule has 0 spiro atoms. The van der Waals surface area contributed by atoms with Gasteiger partial charge in [-0.15, -0.1) is 0 Å². The Morgan fingerprint density at radius 3 is 2.38 bits per heavy atom. The molecule has 0 fully saturated rings. The smallest absolute Gasteiger partial charge is 0.0524 e. The van der Waals surface area contributed by atoms with Gasteiger partial charge in [-0.25, -0.2) is 0 Å². The molecule has 0 amide bonds. The van der Waals surface area contributed by atoms with E-state index in [1.54, 1.807) is 0 Å². The molecule has 0 saturated heterocycles. The fraction of sp³-hybridized carbons (Fsp3) is 0.727. The van der Waals surface area contributed by atoms with Crippen molar-refractivity contribution in [2.45, 2.75) is 52.0 Å². The highest BCUT2D eigenvalue weighted by Crippen LogP contribution is 2.27. The summed E-state index contributed by atoms with van der Waals surface area (Å²) in [7, 11) is 0. The van der Waals surface area contributed by atoms with E-state index in [0.717, 1.165) is 0 Å². The van der Waals surface area contributed by atoms with E-state index >= 15 is 0 Å². The molecule has 1 nitrogen and oxygen atoms in total. The standard InChI is InChI=1S/C11H18BrN/c1-11(2,3)13-8-9-6-4-5-7-10(9)12/h8H,4-7H2,1-3H3. The van der Waals surface area contributed by atoms with Crippen LogP contribution < -0.4 is 0 Å². The lowest BCUT2D eigenvalue weighted by Crippen LogP contribution is -2.10. The molecule has 0 N–H and O–H groups in total. The summed E-state index contributed by atoms with van der Waals surface area (Å²) in [6.45, 7) is 6.38. The van der Waals surface area contributed by atoms with Crippen molar-refractivity contribution in [1.29, 1.82) is 0 Å². The zero-order valence-corrected chi connectivity index (χ0v) is 10.3. The molecule has 0 heterocycles. The van der Waals surface area contributed by atoms with Crippen molar-refractivity contribution in [3.05, 3.63) is 10.1 Å². The lowest BCUT2D eigenvalue weighted by Gasteiger charge is -2.15. The number of allylic oxidation sites excluding steroid dienone is 2. The normalized spacial score (nSPS) is 20.0. The highest BCUT2D eigenvalue weighted by molar-refractivity contribution is 9.11. The van der Waals surface area contributed by atoms with E-state index in [2.05, 4.69) is 41.7 Å². The molecule has 0 bridgehead atoms. The second-order valence-corrected chi connectivity index (χ2v) is 5.52. The molecule has 13 heavy (non-hydrogen) atoms. The zero-order chi connectivity index (χ0) is 9.90.